The first-order valence-electron chi connectivity index (χ1n) is 4.50. The first kappa shape index (κ1) is 9.93. The predicted molar refractivity (Wildman–Crippen MR) is 51.5 cm³/mol. The number of hydrogen-bond donors (Lipinski definition) is 1. The molecule has 0 saturated carbocycles. The number of aliphatic hydroxyl groups excluding tert-OH is 1. The van der Waals surface area contributed by atoms with Crippen LogP contribution in [0.5, 0.6) is 0 Å². The summed E-state index contributed by atoms with van der Waals surface area (Å²) in [5, 5.41) is 8.97. The van der Waals surface area contributed by atoms with Crippen LogP contribution in [0.15, 0.2) is 30.3 Å². The summed E-state index contributed by atoms with van der Waals surface area (Å²) in [7, 11) is 0. The zero-order valence-electron chi connectivity index (χ0n) is 7.52. The molecule has 0 aromatic heterocycles. The lowest BCUT2D eigenvalue weighted by atomic mass is 10.1. The van der Waals surface area contributed by atoms with Gasteiger partial charge in [0.15, 0.2) is 0 Å². The maximum absolute atomic E-state index is 10.1. The van der Waals surface area contributed by atoms with Crippen molar-refractivity contribution in [2.45, 2.75) is 25.4 Å². The number of carbonyl (C=O) groups excluding carboxylic acids is 1. The Bertz CT molecular complexity index is 244. The number of aliphatic hydroxyl groups is 1. The Balaban J connectivity index is 2.24. The standard InChI is InChI=1S/C11H14O2/c12-9-11(13)8-4-7-10-5-2-1-3-6-10/h1-3,5-6,9,11,13H,4,7-8H2. The van der Waals surface area contributed by atoms with Gasteiger partial charge in [-0.1, -0.05) is 30.3 Å². The van der Waals surface area contributed by atoms with E-state index in [0.29, 0.717) is 12.7 Å². The van der Waals surface area contributed by atoms with Gasteiger partial charge in [0.05, 0.1) is 0 Å². The van der Waals surface area contributed by atoms with E-state index in [4.69, 9.17) is 5.11 Å². The molecule has 0 aliphatic heterocycles. The van der Waals surface area contributed by atoms with Crippen molar-refractivity contribution in [3.63, 3.8) is 0 Å². The van der Waals surface area contributed by atoms with Crippen LogP contribution in [0.4, 0.5) is 0 Å². The first-order chi connectivity index (χ1) is 6.33. The van der Waals surface area contributed by atoms with Crippen molar-refractivity contribution in [2.24, 2.45) is 0 Å². The van der Waals surface area contributed by atoms with E-state index in [-0.39, 0.29) is 0 Å². The molecule has 1 aromatic carbocycles. The molecule has 1 N–H and O–H groups in total. The number of carbonyl (C=O) groups is 1. The molecule has 0 heterocycles. The second kappa shape index (κ2) is 5.49. The summed E-state index contributed by atoms with van der Waals surface area (Å²) in [5.41, 5.74) is 1.25. The Hall–Kier alpha value is -1.15. The number of aldehydes is 1. The quantitative estimate of drug-likeness (QED) is 0.695. The van der Waals surface area contributed by atoms with E-state index < -0.39 is 6.10 Å². The van der Waals surface area contributed by atoms with Crippen molar-refractivity contribution in [1.29, 1.82) is 0 Å². The summed E-state index contributed by atoms with van der Waals surface area (Å²) >= 11 is 0. The normalized spacial score (nSPS) is 12.4. The predicted octanol–water partition coefficient (Wildman–Crippen LogP) is 1.57. The topological polar surface area (TPSA) is 37.3 Å². The molecule has 0 saturated heterocycles. The third-order valence-electron chi connectivity index (χ3n) is 1.97. The highest BCUT2D eigenvalue weighted by Crippen LogP contribution is 2.05. The van der Waals surface area contributed by atoms with Gasteiger partial charge in [-0.2, -0.15) is 0 Å². The van der Waals surface area contributed by atoms with Crippen LogP contribution >= 0.6 is 0 Å². The molecule has 1 aromatic rings. The molecular weight excluding hydrogens is 164 g/mol. The Morgan fingerprint density at radius 2 is 2.00 bits per heavy atom. The molecule has 1 atom stereocenters. The third kappa shape index (κ3) is 3.85. The third-order valence-corrected chi connectivity index (χ3v) is 1.97. The minimum absolute atomic E-state index is 0.554. The molecule has 1 rings (SSSR count). The second-order valence-electron chi connectivity index (χ2n) is 3.08. The summed E-state index contributed by atoms with van der Waals surface area (Å²) in [6.07, 6.45) is 2.13. The number of rotatable bonds is 5. The fraction of sp³-hybridized carbons (Fsp3) is 0.364. The lowest BCUT2D eigenvalue weighted by Crippen LogP contribution is -2.07. The summed E-state index contributed by atoms with van der Waals surface area (Å²) in [4.78, 5) is 10.1. The Morgan fingerprint density at radius 3 is 2.62 bits per heavy atom. The van der Waals surface area contributed by atoms with Gasteiger partial charge in [-0.25, -0.2) is 0 Å². The molecule has 1 unspecified atom stereocenters. The van der Waals surface area contributed by atoms with Crippen LogP contribution in [0.3, 0.4) is 0 Å². The zero-order chi connectivity index (χ0) is 9.52. The van der Waals surface area contributed by atoms with Gasteiger partial charge in [0.25, 0.3) is 0 Å². The van der Waals surface area contributed by atoms with Gasteiger partial charge in [0.2, 0.25) is 0 Å². The second-order valence-corrected chi connectivity index (χ2v) is 3.08. The van der Waals surface area contributed by atoms with Gasteiger partial charge in [-0.3, -0.25) is 0 Å². The maximum Gasteiger partial charge on any atom is 0.148 e. The SMILES string of the molecule is O=CC(O)CCCc1ccccc1. The summed E-state index contributed by atoms with van der Waals surface area (Å²) < 4.78 is 0. The number of benzene rings is 1. The average Bonchev–Trinajstić information content (AvgIpc) is 2.19. The van der Waals surface area contributed by atoms with Crippen molar-refractivity contribution in [1.82, 2.24) is 0 Å². The summed E-state index contributed by atoms with van der Waals surface area (Å²) in [6, 6.07) is 10.1. The van der Waals surface area contributed by atoms with Gasteiger partial charge in [-0.15, -0.1) is 0 Å². The van der Waals surface area contributed by atoms with E-state index in [2.05, 4.69) is 0 Å². The van der Waals surface area contributed by atoms with E-state index >= 15 is 0 Å². The first-order valence-corrected chi connectivity index (χ1v) is 4.50. The van der Waals surface area contributed by atoms with E-state index in [0.717, 1.165) is 12.8 Å². The number of hydrogen-bond acceptors (Lipinski definition) is 2. The molecule has 2 heteroatoms. The van der Waals surface area contributed by atoms with Crippen molar-refractivity contribution >= 4 is 6.29 Å². The highest BCUT2D eigenvalue weighted by Gasteiger charge is 2.00. The lowest BCUT2D eigenvalue weighted by molar-refractivity contribution is -0.115. The monoisotopic (exact) mass is 178 g/mol. The maximum atomic E-state index is 10.1. The van der Waals surface area contributed by atoms with E-state index in [1.54, 1.807) is 0 Å². The molecule has 0 fully saturated rings. The molecule has 13 heavy (non-hydrogen) atoms. The van der Waals surface area contributed by atoms with E-state index in [9.17, 15) is 4.79 Å². The van der Waals surface area contributed by atoms with Crippen molar-refractivity contribution in [2.75, 3.05) is 0 Å². The van der Waals surface area contributed by atoms with Gasteiger partial charge < -0.3 is 9.90 Å². The Morgan fingerprint density at radius 1 is 1.31 bits per heavy atom. The molecule has 0 aliphatic rings. The smallest absolute Gasteiger partial charge is 0.148 e. The molecular formula is C11H14O2. The van der Waals surface area contributed by atoms with Gasteiger partial charge in [0, 0.05) is 0 Å². The minimum Gasteiger partial charge on any atom is -0.386 e. The highest BCUT2D eigenvalue weighted by molar-refractivity contribution is 5.55. The Kier molecular flexibility index (Phi) is 4.19. The summed E-state index contributed by atoms with van der Waals surface area (Å²) in [5.74, 6) is 0. The van der Waals surface area contributed by atoms with Crippen LogP contribution < -0.4 is 0 Å². The van der Waals surface area contributed by atoms with Crippen molar-refractivity contribution in [3.05, 3.63) is 35.9 Å². The molecule has 2 nitrogen and oxygen atoms in total. The Labute approximate surface area is 78.2 Å². The van der Waals surface area contributed by atoms with Crippen molar-refractivity contribution < 1.29 is 9.90 Å². The van der Waals surface area contributed by atoms with Crippen LogP contribution in [0.2, 0.25) is 0 Å². The highest BCUT2D eigenvalue weighted by atomic mass is 16.3. The number of aryl methyl sites for hydroxylation is 1. The van der Waals surface area contributed by atoms with Gasteiger partial charge >= 0.3 is 0 Å². The molecule has 0 amide bonds. The van der Waals surface area contributed by atoms with Crippen LogP contribution in [-0.4, -0.2) is 17.5 Å². The van der Waals surface area contributed by atoms with Crippen molar-refractivity contribution in [3.8, 4) is 0 Å². The summed E-state index contributed by atoms with van der Waals surface area (Å²) in [6.45, 7) is 0. The van der Waals surface area contributed by atoms with Crippen LogP contribution in [0.1, 0.15) is 18.4 Å². The fourth-order valence-corrected chi connectivity index (χ4v) is 1.23. The molecule has 70 valence electrons. The minimum atomic E-state index is -0.788. The molecule has 0 radical (unpaired) electrons. The molecule has 0 spiro atoms. The van der Waals surface area contributed by atoms with E-state index in [1.165, 1.54) is 5.56 Å². The molecule has 0 bridgehead atoms. The zero-order valence-corrected chi connectivity index (χ0v) is 7.52. The van der Waals surface area contributed by atoms with Crippen LogP contribution in [-0.2, 0) is 11.2 Å². The average molecular weight is 178 g/mol. The fourth-order valence-electron chi connectivity index (χ4n) is 1.23. The van der Waals surface area contributed by atoms with Gasteiger partial charge in [0.1, 0.15) is 12.4 Å². The van der Waals surface area contributed by atoms with Crippen LogP contribution in [0.25, 0.3) is 0 Å². The molecule has 0 aliphatic carbocycles. The van der Waals surface area contributed by atoms with Gasteiger partial charge in [-0.05, 0) is 24.8 Å². The lowest BCUT2D eigenvalue weighted by Gasteiger charge is -2.02. The van der Waals surface area contributed by atoms with E-state index in [1.807, 2.05) is 30.3 Å². The largest absolute Gasteiger partial charge is 0.386 e. The van der Waals surface area contributed by atoms with Crippen LogP contribution in [0, 0.1) is 0 Å².